The number of hydrogen-bond donors (Lipinski definition) is 0. The minimum atomic E-state index is 0.382. The number of hydrogen-bond acceptors (Lipinski definition) is 0. The third-order valence-corrected chi connectivity index (χ3v) is 6.34. The topological polar surface area (TPSA) is 0 Å². The SMILES string of the molecule is CCC(C)CCC1=CC2=C(C[C@@H]1C)C(C)(C)CCC2(C)C. The minimum absolute atomic E-state index is 0.382. The summed E-state index contributed by atoms with van der Waals surface area (Å²) in [7, 11) is 0. The largest absolute Gasteiger partial charge is 0.0668 e. The fourth-order valence-electron chi connectivity index (χ4n) is 4.05. The van der Waals surface area contributed by atoms with E-state index in [-0.39, 0.29) is 0 Å². The van der Waals surface area contributed by atoms with Gasteiger partial charge in [0.05, 0.1) is 0 Å². The normalized spacial score (nSPS) is 28.9. The van der Waals surface area contributed by atoms with Gasteiger partial charge in [-0.15, -0.1) is 0 Å². The van der Waals surface area contributed by atoms with Crippen LogP contribution in [-0.4, -0.2) is 0 Å². The van der Waals surface area contributed by atoms with Crippen LogP contribution in [0.15, 0.2) is 22.8 Å². The Kier molecular flexibility index (Phi) is 4.76. The second-order valence-electron chi connectivity index (χ2n) is 9.04. The first kappa shape index (κ1) is 16.8. The quantitative estimate of drug-likeness (QED) is 0.526. The van der Waals surface area contributed by atoms with Gasteiger partial charge in [0.1, 0.15) is 0 Å². The van der Waals surface area contributed by atoms with E-state index in [0.29, 0.717) is 10.8 Å². The van der Waals surface area contributed by atoms with Gasteiger partial charge in [-0.05, 0) is 60.3 Å². The highest BCUT2D eigenvalue weighted by Crippen LogP contribution is 2.54. The van der Waals surface area contributed by atoms with Crippen molar-refractivity contribution in [2.24, 2.45) is 22.7 Å². The Bertz CT molecular complexity index is 445. The third-order valence-electron chi connectivity index (χ3n) is 6.34. The molecular weight excluding hydrogens is 252 g/mol. The van der Waals surface area contributed by atoms with Crippen LogP contribution in [0.5, 0.6) is 0 Å². The van der Waals surface area contributed by atoms with Crippen LogP contribution in [0.25, 0.3) is 0 Å². The first-order chi connectivity index (χ1) is 9.67. The summed E-state index contributed by atoms with van der Waals surface area (Å²) < 4.78 is 0. The van der Waals surface area contributed by atoms with E-state index in [2.05, 4.69) is 54.5 Å². The van der Waals surface area contributed by atoms with Crippen LogP contribution in [0.3, 0.4) is 0 Å². The Balaban J connectivity index is 2.29. The van der Waals surface area contributed by atoms with E-state index in [1.165, 1.54) is 38.5 Å². The first-order valence-electron chi connectivity index (χ1n) is 9.12. The molecule has 0 saturated carbocycles. The Morgan fingerprint density at radius 1 is 1.14 bits per heavy atom. The van der Waals surface area contributed by atoms with Gasteiger partial charge in [0.25, 0.3) is 0 Å². The standard InChI is InChI=1S/C21H36/c1-8-15(2)9-10-17-14-19-18(13-16(17)3)20(4,5)11-12-21(19,6)7/h14-16H,8-13H2,1-7H3/t15?,16-/m0/s1. The molecule has 0 aromatic rings. The Labute approximate surface area is 133 Å². The van der Waals surface area contributed by atoms with Gasteiger partial charge in [-0.2, -0.15) is 0 Å². The van der Waals surface area contributed by atoms with Crippen molar-refractivity contribution < 1.29 is 0 Å². The number of allylic oxidation sites excluding steroid dienone is 4. The predicted octanol–water partition coefficient (Wildman–Crippen LogP) is 6.92. The molecule has 21 heavy (non-hydrogen) atoms. The summed E-state index contributed by atoms with van der Waals surface area (Å²) in [6.45, 7) is 17.0. The van der Waals surface area contributed by atoms with Gasteiger partial charge in [0.2, 0.25) is 0 Å². The molecule has 0 aromatic heterocycles. The molecule has 0 radical (unpaired) electrons. The van der Waals surface area contributed by atoms with Gasteiger partial charge >= 0.3 is 0 Å². The number of rotatable bonds is 4. The molecule has 2 aliphatic rings. The minimum Gasteiger partial charge on any atom is -0.0668 e. The smallest absolute Gasteiger partial charge is 0.0103 e. The van der Waals surface area contributed by atoms with Crippen LogP contribution in [0.1, 0.15) is 87.0 Å². The molecule has 1 unspecified atom stereocenters. The molecule has 0 N–H and O–H groups in total. The van der Waals surface area contributed by atoms with E-state index >= 15 is 0 Å². The first-order valence-corrected chi connectivity index (χ1v) is 9.12. The summed E-state index contributed by atoms with van der Waals surface area (Å²) in [4.78, 5) is 0. The van der Waals surface area contributed by atoms with Gasteiger partial charge in [-0.25, -0.2) is 0 Å². The molecule has 120 valence electrons. The van der Waals surface area contributed by atoms with Gasteiger partial charge in [-0.3, -0.25) is 0 Å². The van der Waals surface area contributed by atoms with Crippen molar-refractivity contribution >= 4 is 0 Å². The summed E-state index contributed by atoms with van der Waals surface area (Å²) in [6.07, 6.45) is 10.6. The average molecular weight is 289 g/mol. The zero-order valence-electron chi connectivity index (χ0n) is 15.5. The van der Waals surface area contributed by atoms with E-state index in [1.807, 2.05) is 0 Å². The average Bonchev–Trinajstić information content (AvgIpc) is 2.42. The van der Waals surface area contributed by atoms with Crippen LogP contribution in [-0.2, 0) is 0 Å². The molecule has 0 heterocycles. The van der Waals surface area contributed by atoms with Crippen molar-refractivity contribution in [2.75, 3.05) is 0 Å². The van der Waals surface area contributed by atoms with Crippen molar-refractivity contribution in [3.8, 4) is 0 Å². The maximum atomic E-state index is 2.62. The van der Waals surface area contributed by atoms with Gasteiger partial charge in [0, 0.05) is 0 Å². The fraction of sp³-hybridized carbons (Fsp3) is 0.810. The van der Waals surface area contributed by atoms with Crippen molar-refractivity contribution in [3.05, 3.63) is 22.8 Å². The summed E-state index contributed by atoms with van der Waals surface area (Å²) in [5.74, 6) is 1.62. The molecule has 0 spiro atoms. The highest BCUT2D eigenvalue weighted by molar-refractivity contribution is 5.43. The molecule has 0 aliphatic heterocycles. The lowest BCUT2D eigenvalue weighted by Crippen LogP contribution is -2.33. The van der Waals surface area contributed by atoms with Crippen LogP contribution in [0.4, 0.5) is 0 Å². The molecule has 0 saturated heterocycles. The summed E-state index contributed by atoms with van der Waals surface area (Å²) >= 11 is 0. The molecule has 0 heteroatoms. The van der Waals surface area contributed by atoms with Crippen LogP contribution >= 0.6 is 0 Å². The van der Waals surface area contributed by atoms with E-state index in [9.17, 15) is 0 Å². The van der Waals surface area contributed by atoms with E-state index in [4.69, 9.17) is 0 Å². The maximum Gasteiger partial charge on any atom is -0.0103 e. The summed E-state index contributed by atoms with van der Waals surface area (Å²) in [5, 5.41) is 0. The van der Waals surface area contributed by atoms with Gasteiger partial charge in [-0.1, -0.05) is 72.1 Å². The third kappa shape index (κ3) is 3.46. The van der Waals surface area contributed by atoms with E-state index in [0.717, 1.165) is 11.8 Å². The molecule has 2 atom stereocenters. The molecule has 2 aliphatic carbocycles. The van der Waals surface area contributed by atoms with Crippen LogP contribution in [0, 0.1) is 22.7 Å². The molecule has 0 amide bonds. The lowest BCUT2D eigenvalue weighted by atomic mass is 9.59. The second-order valence-corrected chi connectivity index (χ2v) is 9.04. The van der Waals surface area contributed by atoms with Crippen LogP contribution < -0.4 is 0 Å². The highest BCUT2D eigenvalue weighted by Gasteiger charge is 2.40. The zero-order chi connectivity index (χ0) is 15.8. The zero-order valence-corrected chi connectivity index (χ0v) is 15.5. The Hall–Kier alpha value is -0.520. The van der Waals surface area contributed by atoms with Crippen molar-refractivity contribution in [3.63, 3.8) is 0 Å². The highest BCUT2D eigenvalue weighted by atomic mass is 14.4. The Morgan fingerprint density at radius 3 is 2.38 bits per heavy atom. The monoisotopic (exact) mass is 288 g/mol. The summed E-state index contributed by atoms with van der Waals surface area (Å²) in [6, 6.07) is 0. The van der Waals surface area contributed by atoms with Crippen molar-refractivity contribution in [2.45, 2.75) is 87.0 Å². The molecule has 0 nitrogen and oxygen atoms in total. The van der Waals surface area contributed by atoms with Crippen molar-refractivity contribution in [1.29, 1.82) is 0 Å². The summed E-state index contributed by atoms with van der Waals surface area (Å²) in [5.41, 5.74) is 5.97. The van der Waals surface area contributed by atoms with Crippen LogP contribution in [0.2, 0.25) is 0 Å². The molecule has 2 rings (SSSR count). The van der Waals surface area contributed by atoms with Crippen molar-refractivity contribution in [1.82, 2.24) is 0 Å². The van der Waals surface area contributed by atoms with Gasteiger partial charge < -0.3 is 0 Å². The Morgan fingerprint density at radius 2 is 1.76 bits per heavy atom. The van der Waals surface area contributed by atoms with E-state index < -0.39 is 0 Å². The fourth-order valence-corrected chi connectivity index (χ4v) is 4.05. The molecule has 0 fully saturated rings. The predicted molar refractivity (Wildman–Crippen MR) is 94.4 cm³/mol. The second kappa shape index (κ2) is 5.94. The molecule has 0 aromatic carbocycles. The molecular formula is C21H36. The van der Waals surface area contributed by atoms with E-state index in [1.54, 1.807) is 16.7 Å². The molecule has 0 bridgehead atoms. The maximum absolute atomic E-state index is 2.62. The lowest BCUT2D eigenvalue weighted by Gasteiger charge is -2.46. The lowest BCUT2D eigenvalue weighted by molar-refractivity contribution is 0.250. The van der Waals surface area contributed by atoms with Gasteiger partial charge in [0.15, 0.2) is 0 Å².